The van der Waals surface area contributed by atoms with Crippen molar-refractivity contribution in [2.45, 2.75) is 52.3 Å². The van der Waals surface area contributed by atoms with Crippen molar-refractivity contribution in [1.29, 1.82) is 0 Å². The molecule has 1 aliphatic carbocycles. The van der Waals surface area contributed by atoms with Crippen LogP contribution in [0.1, 0.15) is 40.5 Å². The van der Waals surface area contributed by atoms with E-state index in [9.17, 15) is 18.0 Å². The molecule has 112 valence electrons. The average molecular weight is 281 g/mol. The van der Waals surface area contributed by atoms with Gasteiger partial charge < -0.3 is 4.74 Å². The fraction of sp³-hybridized carbons (Fsp3) is 0.923. The van der Waals surface area contributed by atoms with Crippen LogP contribution in [0.15, 0.2) is 0 Å². The first kappa shape index (κ1) is 16.3. The Morgan fingerprint density at radius 2 is 2.00 bits per heavy atom. The Kier molecular flexibility index (Phi) is 4.55. The summed E-state index contributed by atoms with van der Waals surface area (Å²) in [5.74, 6) is -0.763. The van der Waals surface area contributed by atoms with Gasteiger partial charge in [-0.1, -0.05) is 20.8 Å². The highest BCUT2D eigenvalue weighted by Gasteiger charge is 2.55. The molecule has 0 radical (unpaired) electrons. The molecule has 0 aromatic rings. The Morgan fingerprint density at radius 1 is 1.42 bits per heavy atom. The smallest absolute Gasteiger partial charge is 0.401 e. The molecule has 2 unspecified atom stereocenters. The second kappa shape index (κ2) is 5.31. The maximum Gasteiger partial charge on any atom is 0.401 e. The molecule has 0 aromatic carbocycles. The van der Waals surface area contributed by atoms with E-state index < -0.39 is 24.2 Å². The third-order valence-electron chi connectivity index (χ3n) is 3.70. The van der Waals surface area contributed by atoms with Gasteiger partial charge in [-0.2, -0.15) is 13.2 Å². The summed E-state index contributed by atoms with van der Waals surface area (Å²) in [4.78, 5) is 12.1. The van der Waals surface area contributed by atoms with Gasteiger partial charge in [-0.25, -0.2) is 0 Å². The van der Waals surface area contributed by atoms with Crippen molar-refractivity contribution in [3.05, 3.63) is 0 Å². The largest absolute Gasteiger partial charge is 0.465 e. The lowest BCUT2D eigenvalue weighted by Crippen LogP contribution is -2.57. The molecular formula is C13H22F3NO2. The van der Waals surface area contributed by atoms with Crippen LogP contribution >= 0.6 is 0 Å². The van der Waals surface area contributed by atoms with Crippen molar-refractivity contribution in [2.24, 2.45) is 11.3 Å². The molecule has 1 rings (SSSR count). The van der Waals surface area contributed by atoms with E-state index in [0.717, 1.165) is 0 Å². The van der Waals surface area contributed by atoms with Crippen molar-refractivity contribution >= 4 is 5.97 Å². The summed E-state index contributed by atoms with van der Waals surface area (Å²) in [6.45, 7) is 6.36. The van der Waals surface area contributed by atoms with Gasteiger partial charge in [0.2, 0.25) is 0 Å². The van der Waals surface area contributed by atoms with Crippen LogP contribution in [0.25, 0.3) is 0 Å². The van der Waals surface area contributed by atoms with Crippen molar-refractivity contribution in [3.8, 4) is 0 Å². The number of esters is 1. The van der Waals surface area contributed by atoms with Crippen LogP contribution in [0.4, 0.5) is 13.2 Å². The van der Waals surface area contributed by atoms with Crippen LogP contribution in [0.5, 0.6) is 0 Å². The first-order valence-electron chi connectivity index (χ1n) is 6.51. The van der Waals surface area contributed by atoms with Crippen molar-refractivity contribution < 1.29 is 22.7 Å². The summed E-state index contributed by atoms with van der Waals surface area (Å²) in [5, 5.41) is 2.43. The molecule has 6 heteroatoms. The number of halogens is 3. The van der Waals surface area contributed by atoms with Gasteiger partial charge in [-0.15, -0.1) is 0 Å². The lowest BCUT2D eigenvalue weighted by molar-refractivity contribution is -0.158. The van der Waals surface area contributed by atoms with Gasteiger partial charge in [0, 0.05) is 0 Å². The minimum atomic E-state index is -4.34. The second-order valence-corrected chi connectivity index (χ2v) is 6.11. The highest BCUT2D eigenvalue weighted by Crippen LogP contribution is 2.48. The zero-order chi connectivity index (χ0) is 14.9. The lowest BCUT2D eigenvalue weighted by atomic mass is 9.86. The van der Waals surface area contributed by atoms with Crippen molar-refractivity contribution in [3.63, 3.8) is 0 Å². The predicted molar refractivity (Wildman–Crippen MR) is 65.6 cm³/mol. The number of alkyl halides is 3. The van der Waals surface area contributed by atoms with E-state index in [4.69, 9.17) is 4.74 Å². The fourth-order valence-corrected chi connectivity index (χ4v) is 3.10. The SMILES string of the molecule is CCOC(=O)C1(NCC(F)(F)F)CC(C)(C)CC1C. The molecule has 2 atom stereocenters. The maximum atomic E-state index is 12.4. The molecule has 0 bridgehead atoms. The zero-order valence-electron chi connectivity index (χ0n) is 11.9. The zero-order valence-corrected chi connectivity index (χ0v) is 11.9. The number of nitrogens with one attached hydrogen (secondary N) is 1. The van der Waals surface area contributed by atoms with Gasteiger partial charge in [0.25, 0.3) is 0 Å². The van der Waals surface area contributed by atoms with E-state index in [1.807, 2.05) is 13.8 Å². The predicted octanol–water partition coefficient (Wildman–Crippen LogP) is 2.90. The van der Waals surface area contributed by atoms with E-state index in [0.29, 0.717) is 12.8 Å². The minimum Gasteiger partial charge on any atom is -0.465 e. The topological polar surface area (TPSA) is 38.3 Å². The summed E-state index contributed by atoms with van der Waals surface area (Å²) >= 11 is 0. The molecular weight excluding hydrogens is 259 g/mol. The second-order valence-electron chi connectivity index (χ2n) is 6.11. The third-order valence-corrected chi connectivity index (χ3v) is 3.70. The maximum absolute atomic E-state index is 12.4. The van der Waals surface area contributed by atoms with Crippen LogP contribution < -0.4 is 5.32 Å². The molecule has 1 fully saturated rings. The monoisotopic (exact) mass is 281 g/mol. The summed E-state index contributed by atoms with van der Waals surface area (Å²) in [6, 6.07) is 0. The Balaban J connectivity index is 2.95. The summed E-state index contributed by atoms with van der Waals surface area (Å²) in [7, 11) is 0. The number of carbonyl (C=O) groups excluding carboxylic acids is 1. The van der Waals surface area contributed by atoms with Gasteiger partial charge in [-0.05, 0) is 31.1 Å². The quantitative estimate of drug-likeness (QED) is 0.805. The van der Waals surface area contributed by atoms with Gasteiger partial charge in [0.05, 0.1) is 13.2 Å². The van der Waals surface area contributed by atoms with E-state index in [2.05, 4.69) is 5.32 Å². The first-order valence-corrected chi connectivity index (χ1v) is 6.51. The Labute approximate surface area is 111 Å². The molecule has 0 saturated heterocycles. The molecule has 0 amide bonds. The van der Waals surface area contributed by atoms with Crippen LogP contribution in [0.3, 0.4) is 0 Å². The van der Waals surface area contributed by atoms with Crippen LogP contribution in [0.2, 0.25) is 0 Å². The first-order chi connectivity index (χ1) is 8.52. The fourth-order valence-electron chi connectivity index (χ4n) is 3.10. The molecule has 0 spiro atoms. The van der Waals surface area contributed by atoms with E-state index in [-0.39, 0.29) is 17.9 Å². The van der Waals surface area contributed by atoms with Crippen LogP contribution in [-0.2, 0) is 9.53 Å². The number of hydrogen-bond donors (Lipinski definition) is 1. The van der Waals surface area contributed by atoms with Crippen molar-refractivity contribution in [1.82, 2.24) is 5.32 Å². The minimum absolute atomic E-state index is 0.168. The molecule has 1 saturated carbocycles. The van der Waals surface area contributed by atoms with E-state index in [1.165, 1.54) is 0 Å². The highest BCUT2D eigenvalue weighted by molar-refractivity contribution is 5.82. The molecule has 3 nitrogen and oxygen atoms in total. The highest BCUT2D eigenvalue weighted by atomic mass is 19.4. The van der Waals surface area contributed by atoms with E-state index in [1.54, 1.807) is 13.8 Å². The number of carbonyl (C=O) groups is 1. The summed E-state index contributed by atoms with van der Waals surface area (Å²) < 4.78 is 42.3. The van der Waals surface area contributed by atoms with Gasteiger partial charge in [-0.3, -0.25) is 10.1 Å². The average Bonchev–Trinajstić information content (AvgIpc) is 2.46. The standard InChI is InChI=1S/C13H22F3NO2/c1-5-19-10(18)12(17-8-13(14,15)16)7-11(3,4)6-9(12)2/h9,17H,5-8H2,1-4H3. The molecule has 1 aliphatic rings. The lowest BCUT2D eigenvalue weighted by Gasteiger charge is -2.33. The Bertz CT molecular complexity index is 341. The molecule has 0 aliphatic heterocycles. The Morgan fingerprint density at radius 3 is 2.37 bits per heavy atom. The van der Waals surface area contributed by atoms with Crippen molar-refractivity contribution in [2.75, 3.05) is 13.2 Å². The Hall–Kier alpha value is -0.780. The molecule has 0 aromatic heterocycles. The summed E-state index contributed by atoms with van der Waals surface area (Å²) in [6.07, 6.45) is -3.29. The molecule has 19 heavy (non-hydrogen) atoms. The van der Waals surface area contributed by atoms with Gasteiger partial charge in [0.1, 0.15) is 5.54 Å². The van der Waals surface area contributed by atoms with Gasteiger partial charge in [0.15, 0.2) is 0 Å². The van der Waals surface area contributed by atoms with Crippen LogP contribution in [0, 0.1) is 11.3 Å². The number of hydrogen-bond acceptors (Lipinski definition) is 3. The molecule has 0 heterocycles. The third kappa shape index (κ3) is 3.84. The summed E-state index contributed by atoms with van der Waals surface area (Å²) in [5.41, 5.74) is -1.40. The van der Waals surface area contributed by atoms with Gasteiger partial charge >= 0.3 is 12.1 Å². The van der Waals surface area contributed by atoms with Crippen LogP contribution in [-0.4, -0.2) is 30.8 Å². The van der Waals surface area contributed by atoms with E-state index >= 15 is 0 Å². The number of ether oxygens (including phenoxy) is 1. The normalized spacial score (nSPS) is 30.4. The molecule has 1 N–H and O–H groups in total. The number of rotatable bonds is 4.